The Balaban J connectivity index is 2.12. The molecule has 2 aliphatic rings. The molecule has 5 nitrogen and oxygen atoms in total. The fourth-order valence-corrected chi connectivity index (χ4v) is 3.75. The quantitative estimate of drug-likeness (QED) is 0.866. The summed E-state index contributed by atoms with van der Waals surface area (Å²) < 4.78 is 12.8. The van der Waals surface area contributed by atoms with Crippen molar-refractivity contribution in [3.8, 4) is 11.5 Å². The number of carboxylic acids is 1. The van der Waals surface area contributed by atoms with E-state index in [1.165, 1.54) is 0 Å². The average molecular weight is 356 g/mol. The highest BCUT2D eigenvalue weighted by Gasteiger charge is 2.35. The number of carboxylic acid groups (broad SMARTS) is 1. The standard InChI is InChI=1S/C15H18BrNO4/c1-6-3-8-9(5-11(17)15(18)19)13-10(4-7(2)20-13)12(16)14(8)21-6/h6-7,11H,3-5,17H2,1-2H3,(H,18,19). The van der Waals surface area contributed by atoms with Crippen molar-refractivity contribution in [2.45, 2.75) is 51.4 Å². The van der Waals surface area contributed by atoms with Crippen LogP contribution in [0.2, 0.25) is 0 Å². The summed E-state index contributed by atoms with van der Waals surface area (Å²) >= 11 is 3.62. The molecule has 2 aliphatic heterocycles. The van der Waals surface area contributed by atoms with E-state index in [-0.39, 0.29) is 18.6 Å². The second kappa shape index (κ2) is 5.18. The second-order valence-corrected chi connectivity index (χ2v) is 6.61. The molecule has 2 heterocycles. The molecule has 0 bridgehead atoms. The van der Waals surface area contributed by atoms with Crippen LogP contribution in [0, 0.1) is 0 Å². The second-order valence-electron chi connectivity index (χ2n) is 5.82. The zero-order chi connectivity index (χ0) is 15.3. The van der Waals surface area contributed by atoms with E-state index in [9.17, 15) is 4.79 Å². The molecule has 0 amide bonds. The molecule has 3 unspecified atom stereocenters. The Bertz CT molecular complexity index is 577. The molecular weight excluding hydrogens is 338 g/mol. The minimum Gasteiger partial charge on any atom is -0.490 e. The van der Waals surface area contributed by atoms with Gasteiger partial charge in [0.1, 0.15) is 29.7 Å². The maximum absolute atomic E-state index is 11.1. The van der Waals surface area contributed by atoms with Gasteiger partial charge in [0.2, 0.25) is 0 Å². The molecule has 114 valence electrons. The summed E-state index contributed by atoms with van der Waals surface area (Å²) in [6.07, 6.45) is 1.96. The summed E-state index contributed by atoms with van der Waals surface area (Å²) in [7, 11) is 0. The smallest absolute Gasteiger partial charge is 0.320 e. The summed E-state index contributed by atoms with van der Waals surface area (Å²) in [5, 5.41) is 9.09. The third kappa shape index (κ3) is 2.40. The lowest BCUT2D eigenvalue weighted by Crippen LogP contribution is -2.32. The van der Waals surface area contributed by atoms with Crippen LogP contribution in [0.3, 0.4) is 0 Å². The minimum absolute atomic E-state index is 0.0797. The lowest BCUT2D eigenvalue weighted by atomic mass is 9.93. The molecule has 3 rings (SSSR count). The van der Waals surface area contributed by atoms with Crippen LogP contribution in [0.5, 0.6) is 11.5 Å². The van der Waals surface area contributed by atoms with Crippen LogP contribution < -0.4 is 15.2 Å². The Morgan fingerprint density at radius 3 is 2.48 bits per heavy atom. The summed E-state index contributed by atoms with van der Waals surface area (Å²) in [6.45, 7) is 4.00. The number of carbonyl (C=O) groups is 1. The Labute approximate surface area is 131 Å². The third-order valence-electron chi connectivity index (χ3n) is 4.01. The summed E-state index contributed by atoms with van der Waals surface area (Å²) in [4.78, 5) is 11.1. The molecule has 3 atom stereocenters. The first-order valence-electron chi connectivity index (χ1n) is 7.06. The van der Waals surface area contributed by atoms with Gasteiger partial charge in [-0.3, -0.25) is 4.79 Å². The zero-order valence-corrected chi connectivity index (χ0v) is 13.6. The highest BCUT2D eigenvalue weighted by molar-refractivity contribution is 9.10. The van der Waals surface area contributed by atoms with Crippen LogP contribution in [-0.4, -0.2) is 29.3 Å². The first-order chi connectivity index (χ1) is 9.88. The average Bonchev–Trinajstić information content (AvgIpc) is 2.97. The molecular formula is C15H18BrNO4. The maximum atomic E-state index is 11.1. The molecule has 1 aromatic rings. The number of hydrogen-bond acceptors (Lipinski definition) is 4. The molecule has 0 fully saturated rings. The monoisotopic (exact) mass is 355 g/mol. The largest absolute Gasteiger partial charge is 0.490 e. The van der Waals surface area contributed by atoms with Gasteiger partial charge in [0.25, 0.3) is 0 Å². The number of nitrogens with two attached hydrogens (primary N) is 1. The fourth-order valence-electron chi connectivity index (χ4n) is 3.07. The molecule has 0 saturated carbocycles. The van der Waals surface area contributed by atoms with Crippen molar-refractivity contribution < 1.29 is 19.4 Å². The van der Waals surface area contributed by atoms with E-state index in [0.717, 1.165) is 45.5 Å². The molecule has 6 heteroatoms. The highest BCUT2D eigenvalue weighted by Crippen LogP contribution is 2.49. The Kier molecular flexibility index (Phi) is 3.61. The van der Waals surface area contributed by atoms with Crippen LogP contribution in [0.1, 0.15) is 30.5 Å². The Morgan fingerprint density at radius 1 is 1.29 bits per heavy atom. The van der Waals surface area contributed by atoms with Crippen LogP contribution in [-0.2, 0) is 24.1 Å². The van der Waals surface area contributed by atoms with Gasteiger partial charge in [0.15, 0.2) is 0 Å². The normalized spacial score (nSPS) is 24.0. The Hall–Kier alpha value is -1.27. The first kappa shape index (κ1) is 14.7. The van der Waals surface area contributed by atoms with Gasteiger partial charge in [-0.1, -0.05) is 0 Å². The van der Waals surface area contributed by atoms with Gasteiger partial charge in [-0.05, 0) is 29.8 Å². The van der Waals surface area contributed by atoms with E-state index in [2.05, 4.69) is 15.9 Å². The number of halogens is 1. The van der Waals surface area contributed by atoms with Crippen molar-refractivity contribution in [1.29, 1.82) is 0 Å². The molecule has 21 heavy (non-hydrogen) atoms. The number of benzene rings is 1. The van der Waals surface area contributed by atoms with Crippen molar-refractivity contribution in [3.63, 3.8) is 0 Å². The maximum Gasteiger partial charge on any atom is 0.320 e. The lowest BCUT2D eigenvalue weighted by Gasteiger charge is -2.16. The minimum atomic E-state index is -1.00. The van der Waals surface area contributed by atoms with Gasteiger partial charge in [0, 0.05) is 36.0 Å². The van der Waals surface area contributed by atoms with Crippen LogP contribution in [0.4, 0.5) is 0 Å². The van der Waals surface area contributed by atoms with Gasteiger partial charge < -0.3 is 20.3 Å². The molecule has 0 aliphatic carbocycles. The summed E-state index contributed by atoms with van der Waals surface area (Å²) in [5.74, 6) is 0.618. The number of rotatable bonds is 3. The topological polar surface area (TPSA) is 81.8 Å². The van der Waals surface area contributed by atoms with Gasteiger partial charge in [-0.2, -0.15) is 0 Å². The molecule has 0 radical (unpaired) electrons. The van der Waals surface area contributed by atoms with E-state index >= 15 is 0 Å². The predicted molar refractivity (Wildman–Crippen MR) is 81.0 cm³/mol. The molecule has 1 aromatic carbocycles. The van der Waals surface area contributed by atoms with E-state index in [1.807, 2.05) is 13.8 Å². The van der Waals surface area contributed by atoms with E-state index < -0.39 is 12.0 Å². The van der Waals surface area contributed by atoms with Gasteiger partial charge in [-0.25, -0.2) is 0 Å². The number of hydrogen-bond donors (Lipinski definition) is 2. The van der Waals surface area contributed by atoms with Crippen molar-refractivity contribution in [1.82, 2.24) is 0 Å². The van der Waals surface area contributed by atoms with Crippen LogP contribution in [0.15, 0.2) is 4.47 Å². The van der Waals surface area contributed by atoms with Crippen molar-refractivity contribution >= 4 is 21.9 Å². The van der Waals surface area contributed by atoms with Crippen LogP contribution in [0.25, 0.3) is 0 Å². The predicted octanol–water partition coefficient (Wildman–Crippen LogP) is 2.05. The van der Waals surface area contributed by atoms with E-state index in [1.54, 1.807) is 0 Å². The summed E-state index contributed by atoms with van der Waals surface area (Å²) in [6, 6.07) is -0.935. The van der Waals surface area contributed by atoms with Crippen molar-refractivity contribution in [3.05, 3.63) is 21.2 Å². The number of fused-ring (bicyclic) bond motifs is 2. The van der Waals surface area contributed by atoms with Gasteiger partial charge in [-0.15, -0.1) is 0 Å². The Morgan fingerprint density at radius 2 is 1.86 bits per heavy atom. The molecule has 0 saturated heterocycles. The molecule has 3 N–H and O–H groups in total. The number of ether oxygens (including phenoxy) is 2. The molecule has 0 aromatic heterocycles. The van der Waals surface area contributed by atoms with Gasteiger partial charge >= 0.3 is 5.97 Å². The molecule has 0 spiro atoms. The van der Waals surface area contributed by atoms with Crippen molar-refractivity contribution in [2.24, 2.45) is 5.73 Å². The highest BCUT2D eigenvalue weighted by atomic mass is 79.9. The third-order valence-corrected chi connectivity index (χ3v) is 4.85. The lowest BCUT2D eigenvalue weighted by molar-refractivity contribution is -0.138. The van der Waals surface area contributed by atoms with E-state index in [0.29, 0.717) is 0 Å². The summed E-state index contributed by atoms with van der Waals surface area (Å²) in [5.41, 5.74) is 8.72. The fraction of sp³-hybridized carbons (Fsp3) is 0.533. The zero-order valence-electron chi connectivity index (χ0n) is 12.0. The first-order valence-corrected chi connectivity index (χ1v) is 7.85. The number of aliphatic carboxylic acids is 1. The van der Waals surface area contributed by atoms with E-state index in [4.69, 9.17) is 20.3 Å². The van der Waals surface area contributed by atoms with Gasteiger partial charge in [0.05, 0.1) is 4.47 Å². The van der Waals surface area contributed by atoms with Crippen molar-refractivity contribution in [2.75, 3.05) is 0 Å². The SMILES string of the molecule is CC1Cc2c(CC(N)C(=O)O)c3c(c(Br)c2O1)CC(C)O3. The van der Waals surface area contributed by atoms with Crippen LogP contribution >= 0.6 is 15.9 Å².